The summed E-state index contributed by atoms with van der Waals surface area (Å²) in [4.78, 5) is 13.8. The van der Waals surface area contributed by atoms with E-state index < -0.39 is 9.84 Å². The second kappa shape index (κ2) is 9.90. The molecule has 1 atom stereocenters. The van der Waals surface area contributed by atoms with Gasteiger partial charge in [-0.3, -0.25) is 4.90 Å². The number of sulfone groups is 1. The molecule has 0 aliphatic rings. The molecule has 1 aromatic carbocycles. The van der Waals surface area contributed by atoms with Crippen molar-refractivity contribution in [3.05, 3.63) is 88.8 Å². The molecule has 0 aliphatic carbocycles. The minimum absolute atomic E-state index is 0.0487. The molecule has 0 N–H and O–H groups in total. The molecular weight excluding hydrogens is 502 g/mol. The Labute approximate surface area is 211 Å². The first kappa shape index (κ1) is 23.7. The summed E-state index contributed by atoms with van der Waals surface area (Å²) < 4.78 is 35.2. The third-order valence-electron chi connectivity index (χ3n) is 5.64. The number of aromatic nitrogens is 2. The molecular formula is C25H23N3O4S3. The first-order valence-corrected chi connectivity index (χ1v) is 14.5. The van der Waals surface area contributed by atoms with E-state index in [1.807, 2.05) is 47.2 Å². The zero-order chi connectivity index (χ0) is 24.4. The fourth-order valence-corrected chi connectivity index (χ4v) is 5.68. The third-order valence-corrected chi connectivity index (χ3v) is 8.48. The topological polar surface area (TPSA) is 89.4 Å². The smallest absolute Gasteiger partial charge is 0.236 e. The van der Waals surface area contributed by atoms with Gasteiger partial charge in [-0.05, 0) is 47.5 Å². The van der Waals surface area contributed by atoms with Crippen molar-refractivity contribution in [2.24, 2.45) is 0 Å². The van der Waals surface area contributed by atoms with Gasteiger partial charge in [0.25, 0.3) is 0 Å². The van der Waals surface area contributed by atoms with Crippen LogP contribution in [-0.4, -0.2) is 29.5 Å². The molecule has 4 aromatic heterocycles. The van der Waals surface area contributed by atoms with Crippen molar-refractivity contribution >= 4 is 32.5 Å². The Kier molecular flexibility index (Phi) is 6.70. The van der Waals surface area contributed by atoms with Gasteiger partial charge in [-0.15, -0.1) is 22.7 Å². The predicted octanol–water partition coefficient (Wildman–Crippen LogP) is 6.29. The van der Waals surface area contributed by atoms with E-state index in [1.165, 1.54) is 6.26 Å². The number of rotatable bonds is 9. The van der Waals surface area contributed by atoms with Crippen LogP contribution in [-0.2, 0) is 22.9 Å². The summed E-state index contributed by atoms with van der Waals surface area (Å²) in [5.74, 6) is 1.20. The molecule has 5 rings (SSSR count). The molecule has 0 aliphatic heterocycles. The van der Waals surface area contributed by atoms with E-state index in [0.717, 1.165) is 26.7 Å². The normalized spacial score (nSPS) is 12.9. The monoisotopic (exact) mass is 525 g/mol. The molecule has 0 saturated carbocycles. The van der Waals surface area contributed by atoms with Gasteiger partial charge >= 0.3 is 0 Å². The van der Waals surface area contributed by atoms with Crippen LogP contribution in [0.4, 0.5) is 0 Å². The lowest BCUT2D eigenvalue weighted by molar-refractivity contribution is 0.187. The number of nitrogens with zero attached hydrogens (tertiary/aromatic N) is 3. The van der Waals surface area contributed by atoms with Crippen molar-refractivity contribution in [3.8, 4) is 21.5 Å². The van der Waals surface area contributed by atoms with Crippen molar-refractivity contribution in [2.45, 2.75) is 31.0 Å². The molecule has 4 heterocycles. The number of oxazole rings is 2. The number of hydrogen-bond donors (Lipinski definition) is 0. The molecule has 35 heavy (non-hydrogen) atoms. The summed E-state index contributed by atoms with van der Waals surface area (Å²) in [6, 6.07) is 14.8. The van der Waals surface area contributed by atoms with Gasteiger partial charge in [0.15, 0.2) is 9.84 Å². The zero-order valence-corrected chi connectivity index (χ0v) is 21.6. The Morgan fingerprint density at radius 1 is 0.857 bits per heavy atom. The highest BCUT2D eigenvalue weighted by atomic mass is 32.2. The van der Waals surface area contributed by atoms with Gasteiger partial charge in [-0.25, -0.2) is 18.4 Å². The Morgan fingerprint density at radius 3 is 1.80 bits per heavy atom. The Hall–Kier alpha value is -3.05. The van der Waals surface area contributed by atoms with E-state index in [-0.39, 0.29) is 6.04 Å². The summed E-state index contributed by atoms with van der Waals surface area (Å²) in [6.07, 6.45) is 4.58. The van der Waals surface area contributed by atoms with Gasteiger partial charge in [0.2, 0.25) is 11.8 Å². The second-order valence-corrected chi connectivity index (χ2v) is 12.1. The van der Waals surface area contributed by atoms with Crippen LogP contribution in [0, 0.1) is 0 Å². The van der Waals surface area contributed by atoms with Crippen LogP contribution in [0.1, 0.15) is 29.9 Å². The lowest BCUT2D eigenvalue weighted by Gasteiger charge is -2.28. The lowest BCUT2D eigenvalue weighted by atomic mass is 10.1. The first-order valence-electron chi connectivity index (χ1n) is 10.9. The van der Waals surface area contributed by atoms with Crippen LogP contribution in [0.15, 0.2) is 85.5 Å². The summed E-state index contributed by atoms with van der Waals surface area (Å²) in [6.45, 7) is 3.12. The second-order valence-electron chi connectivity index (χ2n) is 8.16. The van der Waals surface area contributed by atoms with Gasteiger partial charge in [0.05, 0.1) is 26.0 Å². The maximum Gasteiger partial charge on any atom is 0.236 e. The van der Waals surface area contributed by atoms with Gasteiger partial charge in [-0.2, -0.15) is 0 Å². The first-order chi connectivity index (χ1) is 16.9. The summed E-state index contributed by atoms with van der Waals surface area (Å²) in [7, 11) is -3.26. The van der Waals surface area contributed by atoms with E-state index >= 15 is 0 Å². The minimum Gasteiger partial charge on any atom is -0.444 e. The van der Waals surface area contributed by atoms with Gasteiger partial charge in [0, 0.05) is 25.4 Å². The molecule has 0 unspecified atom stereocenters. The predicted molar refractivity (Wildman–Crippen MR) is 137 cm³/mol. The number of thiophene rings is 2. The van der Waals surface area contributed by atoms with E-state index in [2.05, 4.69) is 21.8 Å². The maximum absolute atomic E-state index is 11.9. The molecule has 0 radical (unpaired) electrons. The Balaban J connectivity index is 1.41. The molecule has 180 valence electrons. The highest BCUT2D eigenvalue weighted by Gasteiger charge is 2.21. The van der Waals surface area contributed by atoms with Crippen LogP contribution < -0.4 is 0 Å². The average molecular weight is 526 g/mol. The highest BCUT2D eigenvalue weighted by molar-refractivity contribution is 7.90. The molecule has 7 nitrogen and oxygen atoms in total. The van der Waals surface area contributed by atoms with Crippen LogP contribution in [0.2, 0.25) is 0 Å². The van der Waals surface area contributed by atoms with Crippen LogP contribution in [0.3, 0.4) is 0 Å². The number of benzene rings is 1. The fourth-order valence-electron chi connectivity index (χ4n) is 3.74. The Morgan fingerprint density at radius 2 is 1.37 bits per heavy atom. The van der Waals surface area contributed by atoms with Crippen molar-refractivity contribution < 1.29 is 17.3 Å². The highest BCUT2D eigenvalue weighted by Crippen LogP contribution is 2.29. The van der Waals surface area contributed by atoms with Crippen molar-refractivity contribution in [2.75, 3.05) is 6.26 Å². The van der Waals surface area contributed by atoms with Crippen molar-refractivity contribution in [3.63, 3.8) is 0 Å². The molecule has 10 heteroatoms. The standard InChI is InChI=1S/C25H23N3O4S3/c1-17(18-7-9-21(10-8-18)35(2,29)30)28(13-19-15-31-24(26-19)22-5-3-11-33-22)14-20-16-32-25(27-20)23-6-4-12-34-23/h3-12,15-17H,13-14H2,1-2H3/t17-/m0/s1. The van der Waals surface area contributed by atoms with Gasteiger partial charge in [-0.1, -0.05) is 24.3 Å². The summed E-state index contributed by atoms with van der Waals surface area (Å²) in [5, 5.41) is 3.98. The molecule has 0 saturated heterocycles. The molecule has 0 bridgehead atoms. The average Bonchev–Trinajstić information content (AvgIpc) is 3.64. The molecule has 0 spiro atoms. The number of hydrogen-bond acceptors (Lipinski definition) is 9. The quantitative estimate of drug-likeness (QED) is 0.223. The fraction of sp³-hybridized carbons (Fsp3) is 0.200. The lowest BCUT2D eigenvalue weighted by Crippen LogP contribution is -2.26. The van der Waals surface area contributed by atoms with Gasteiger partial charge < -0.3 is 8.83 Å². The molecule has 0 fully saturated rings. The maximum atomic E-state index is 11.9. The van der Waals surface area contributed by atoms with Crippen LogP contribution in [0.25, 0.3) is 21.5 Å². The van der Waals surface area contributed by atoms with E-state index in [4.69, 9.17) is 8.83 Å². The van der Waals surface area contributed by atoms with E-state index in [9.17, 15) is 8.42 Å². The summed E-state index contributed by atoms with van der Waals surface area (Å²) in [5.41, 5.74) is 2.59. The van der Waals surface area contributed by atoms with Crippen LogP contribution >= 0.6 is 22.7 Å². The van der Waals surface area contributed by atoms with Gasteiger partial charge in [0.1, 0.15) is 12.5 Å². The zero-order valence-electron chi connectivity index (χ0n) is 19.1. The molecule has 0 amide bonds. The van der Waals surface area contributed by atoms with E-state index in [0.29, 0.717) is 29.8 Å². The SMILES string of the molecule is C[C@@H](c1ccc(S(C)(=O)=O)cc1)N(Cc1coc(-c2cccs2)n1)Cc1coc(-c2cccs2)n1. The van der Waals surface area contributed by atoms with E-state index in [1.54, 1.807) is 47.3 Å². The molecule has 5 aromatic rings. The third kappa shape index (κ3) is 5.46. The van der Waals surface area contributed by atoms with Crippen molar-refractivity contribution in [1.82, 2.24) is 14.9 Å². The largest absolute Gasteiger partial charge is 0.444 e. The Bertz CT molecular complexity index is 1410. The van der Waals surface area contributed by atoms with Crippen molar-refractivity contribution in [1.29, 1.82) is 0 Å². The summed E-state index contributed by atoms with van der Waals surface area (Å²) >= 11 is 3.16. The van der Waals surface area contributed by atoms with Crippen LogP contribution in [0.5, 0.6) is 0 Å². The minimum atomic E-state index is -3.26.